The van der Waals surface area contributed by atoms with Gasteiger partial charge in [-0.25, -0.2) is 0 Å². The van der Waals surface area contributed by atoms with E-state index in [1.54, 1.807) is 0 Å². The Labute approximate surface area is 363 Å². The summed E-state index contributed by atoms with van der Waals surface area (Å²) in [6.45, 7) is 9.00. The van der Waals surface area contributed by atoms with Crippen molar-refractivity contribution in [3.8, 4) is 22.5 Å². The van der Waals surface area contributed by atoms with Crippen molar-refractivity contribution >= 4 is 43.5 Å². The number of aromatic nitrogens is 2. The van der Waals surface area contributed by atoms with Gasteiger partial charge in [-0.1, -0.05) is 94.1 Å². The number of hydrogen-bond acceptors (Lipinski definition) is 3. The SMILES string of the molecule is CC(C)(C)c1ccnc(-c2[c-]cccc2)c1.[2H]C([2H])([2H])c1cnc(-c2[c-]ccc3c2oc2cc4c(ccc5ccccc54)cc23)cc1C1([2H])CCC2(CCC(C)(C)CC2)CC1.[Ir]. The first-order valence-corrected chi connectivity index (χ1v) is 20.6. The van der Waals surface area contributed by atoms with Crippen LogP contribution in [0.5, 0.6) is 0 Å². The van der Waals surface area contributed by atoms with Crippen LogP contribution in [0.2, 0.25) is 0 Å². The maximum absolute atomic E-state index is 9.71. The average Bonchev–Trinajstić information content (AvgIpc) is 3.62. The number of aryl methyl sites for hydroxylation is 1. The van der Waals surface area contributed by atoms with Gasteiger partial charge >= 0.3 is 0 Å². The van der Waals surface area contributed by atoms with Gasteiger partial charge in [0.2, 0.25) is 0 Å². The minimum Gasteiger partial charge on any atom is -0.501 e. The normalized spacial score (nSPS) is 18.4. The first-order chi connectivity index (χ1) is 29.0. The summed E-state index contributed by atoms with van der Waals surface area (Å²) in [4.78, 5) is 9.07. The summed E-state index contributed by atoms with van der Waals surface area (Å²) in [5.74, 6) is -0.972. The summed E-state index contributed by atoms with van der Waals surface area (Å²) in [6, 6.07) is 41.5. The minimum atomic E-state index is -2.35. The van der Waals surface area contributed by atoms with Crippen molar-refractivity contribution in [3.05, 3.63) is 144 Å². The Balaban J connectivity index is 0.000000263. The van der Waals surface area contributed by atoms with Gasteiger partial charge < -0.3 is 14.4 Å². The Morgan fingerprint density at radius 2 is 1.50 bits per heavy atom. The number of pyridine rings is 2. The molecular formula is C54H54IrN2O-2. The Morgan fingerprint density at radius 3 is 2.26 bits per heavy atom. The van der Waals surface area contributed by atoms with Gasteiger partial charge in [-0.2, -0.15) is 0 Å². The van der Waals surface area contributed by atoms with E-state index in [1.165, 1.54) is 48.2 Å². The zero-order chi connectivity index (χ0) is 42.8. The maximum Gasteiger partial charge on any atom is 0.121 e. The second kappa shape index (κ2) is 15.9. The number of rotatable bonds is 3. The average molecular weight is 943 g/mol. The molecule has 1 spiro atoms. The fraction of sp³-hybridized carbons (Fsp3) is 0.333. The summed E-state index contributed by atoms with van der Waals surface area (Å²) < 4.78 is 41.3. The van der Waals surface area contributed by atoms with Crippen LogP contribution in [0, 0.1) is 29.8 Å². The molecule has 5 aromatic carbocycles. The van der Waals surface area contributed by atoms with Gasteiger partial charge in [-0.15, -0.1) is 54.1 Å². The van der Waals surface area contributed by atoms with E-state index in [4.69, 9.17) is 8.53 Å². The molecule has 0 amide bonds. The number of fused-ring (bicyclic) bond motifs is 6. The van der Waals surface area contributed by atoms with Gasteiger partial charge in [-0.05, 0) is 148 Å². The van der Waals surface area contributed by atoms with Gasteiger partial charge in [0.15, 0.2) is 0 Å². The third-order valence-electron chi connectivity index (χ3n) is 13.0. The zero-order valence-electron chi connectivity index (χ0n) is 38.3. The number of nitrogens with zero attached hydrogens (tertiary/aromatic N) is 2. The van der Waals surface area contributed by atoms with Crippen LogP contribution in [0.25, 0.3) is 66.0 Å². The van der Waals surface area contributed by atoms with Crippen LogP contribution in [-0.2, 0) is 25.5 Å². The summed E-state index contributed by atoms with van der Waals surface area (Å²) in [5.41, 5.74) is 7.73. The van der Waals surface area contributed by atoms with Crippen molar-refractivity contribution in [2.75, 3.05) is 0 Å². The van der Waals surface area contributed by atoms with Crippen molar-refractivity contribution in [1.82, 2.24) is 9.97 Å². The predicted molar refractivity (Wildman–Crippen MR) is 239 cm³/mol. The molecule has 1 radical (unpaired) electrons. The van der Waals surface area contributed by atoms with E-state index >= 15 is 0 Å². The second-order valence-electron chi connectivity index (χ2n) is 18.4. The molecule has 297 valence electrons. The standard InChI is InChI=1S/C39H38NO.C15H16N.Ir/c1-25-24-40-35(22-32(25)27-13-15-39(16-14-27)19-17-38(2,3)18-20-39)31-10-6-9-30-34-21-28-12-11-26-7-4-5-8-29(26)33(28)23-36(34)41-37(30)31;1-15(2,3)13-9-10-16-14(11-13)12-7-5-4-6-8-12;/h4-9,11-12,21-24,27H,13-20H2,1-3H3;4-7,9-11H,1-3H3;/q2*-1;/i1D3,27D;;. The van der Waals surface area contributed by atoms with E-state index in [0.29, 0.717) is 46.1 Å². The third kappa shape index (κ3) is 7.91. The van der Waals surface area contributed by atoms with E-state index in [2.05, 4.69) is 117 Å². The van der Waals surface area contributed by atoms with E-state index in [9.17, 15) is 1.37 Å². The molecule has 2 aliphatic rings. The summed E-state index contributed by atoms with van der Waals surface area (Å²) in [5, 5.41) is 6.65. The molecule has 3 aromatic heterocycles. The Bertz CT molecular complexity index is 2890. The smallest absolute Gasteiger partial charge is 0.121 e. The van der Waals surface area contributed by atoms with Crippen molar-refractivity contribution in [2.45, 2.75) is 104 Å². The van der Waals surface area contributed by atoms with Crippen molar-refractivity contribution in [1.29, 1.82) is 0 Å². The molecule has 2 fully saturated rings. The molecule has 10 rings (SSSR count). The fourth-order valence-corrected chi connectivity index (χ4v) is 9.22. The number of hydrogen-bond donors (Lipinski definition) is 0. The molecule has 2 aliphatic carbocycles. The number of furan rings is 1. The van der Waals surface area contributed by atoms with Crippen molar-refractivity contribution in [2.24, 2.45) is 10.8 Å². The molecule has 3 nitrogen and oxygen atoms in total. The summed E-state index contributed by atoms with van der Waals surface area (Å²) in [6.07, 6.45) is 11.5. The molecule has 4 heteroatoms. The number of benzene rings is 5. The van der Waals surface area contributed by atoms with E-state index in [-0.39, 0.29) is 31.1 Å². The Kier molecular flexibility index (Phi) is 9.65. The molecule has 0 N–H and O–H groups in total. The van der Waals surface area contributed by atoms with Crippen LogP contribution in [0.1, 0.15) is 114 Å². The van der Waals surface area contributed by atoms with Crippen LogP contribution in [0.4, 0.5) is 0 Å². The largest absolute Gasteiger partial charge is 0.501 e. The molecule has 0 atom stereocenters. The van der Waals surface area contributed by atoms with Crippen LogP contribution < -0.4 is 0 Å². The maximum atomic E-state index is 9.71. The monoisotopic (exact) mass is 943 g/mol. The molecular weight excluding hydrogens is 885 g/mol. The second-order valence-corrected chi connectivity index (χ2v) is 18.4. The van der Waals surface area contributed by atoms with Crippen molar-refractivity contribution < 1.29 is 30.0 Å². The van der Waals surface area contributed by atoms with Gasteiger partial charge in [-0.3, -0.25) is 0 Å². The van der Waals surface area contributed by atoms with Gasteiger partial charge in [0, 0.05) is 43.4 Å². The quantitative estimate of drug-likeness (QED) is 0.131. The molecule has 3 heterocycles. The summed E-state index contributed by atoms with van der Waals surface area (Å²) >= 11 is 0. The van der Waals surface area contributed by atoms with Gasteiger partial charge in [0.05, 0.1) is 5.58 Å². The molecule has 0 unspecified atom stereocenters. The first-order valence-electron chi connectivity index (χ1n) is 22.6. The zero-order valence-corrected chi connectivity index (χ0v) is 36.7. The molecule has 8 aromatic rings. The van der Waals surface area contributed by atoms with Gasteiger partial charge in [0.25, 0.3) is 0 Å². The van der Waals surface area contributed by atoms with E-state index in [1.807, 2.05) is 48.7 Å². The Morgan fingerprint density at radius 1 is 0.724 bits per heavy atom. The van der Waals surface area contributed by atoms with Crippen LogP contribution >= 0.6 is 0 Å². The summed E-state index contributed by atoms with van der Waals surface area (Å²) in [7, 11) is 0. The molecule has 0 bridgehead atoms. The fourth-order valence-electron chi connectivity index (χ4n) is 9.22. The molecule has 0 saturated heterocycles. The first kappa shape index (κ1) is 35.3. The van der Waals surface area contributed by atoms with E-state index in [0.717, 1.165) is 51.2 Å². The Hall–Kier alpha value is -4.63. The van der Waals surface area contributed by atoms with Crippen LogP contribution in [0.3, 0.4) is 0 Å². The molecule has 2 saturated carbocycles. The van der Waals surface area contributed by atoms with Crippen molar-refractivity contribution in [3.63, 3.8) is 0 Å². The topological polar surface area (TPSA) is 38.9 Å². The van der Waals surface area contributed by atoms with Gasteiger partial charge in [0.1, 0.15) is 5.58 Å². The van der Waals surface area contributed by atoms with Crippen LogP contribution in [-0.4, -0.2) is 9.97 Å². The molecule has 0 aliphatic heterocycles. The molecule has 58 heavy (non-hydrogen) atoms. The minimum absolute atomic E-state index is 0. The third-order valence-corrected chi connectivity index (χ3v) is 13.0. The predicted octanol–water partition coefficient (Wildman–Crippen LogP) is 15.2. The van der Waals surface area contributed by atoms with E-state index < -0.39 is 12.7 Å². The van der Waals surface area contributed by atoms with Crippen LogP contribution in [0.15, 0.2) is 120 Å².